The van der Waals surface area contributed by atoms with E-state index in [1.807, 2.05) is 47.4 Å². The second-order valence-electron chi connectivity index (χ2n) is 5.92. The van der Waals surface area contributed by atoms with Crippen LogP contribution in [0, 0.1) is 0 Å². The number of carbonyl (C=O) groups is 1. The van der Waals surface area contributed by atoms with Crippen molar-refractivity contribution in [2.45, 2.75) is 32.6 Å². The molecule has 120 valence electrons. The van der Waals surface area contributed by atoms with Crippen molar-refractivity contribution in [2.24, 2.45) is 0 Å². The van der Waals surface area contributed by atoms with E-state index in [9.17, 15) is 4.79 Å². The number of fused-ring (bicyclic) bond motifs is 1. The van der Waals surface area contributed by atoms with Gasteiger partial charge in [-0.3, -0.25) is 4.79 Å². The van der Waals surface area contributed by atoms with Crippen LogP contribution < -0.4 is 9.64 Å². The molecule has 3 nitrogen and oxygen atoms in total. The first kappa shape index (κ1) is 15.6. The molecule has 1 aliphatic rings. The molecular formula is C20H23NO2. The lowest BCUT2D eigenvalue weighted by molar-refractivity contribution is 0.0989. The molecule has 2 aromatic rings. The minimum absolute atomic E-state index is 0.0625. The molecule has 1 aliphatic heterocycles. The first-order chi connectivity index (χ1) is 11.3. The monoisotopic (exact) mass is 309 g/mol. The summed E-state index contributed by atoms with van der Waals surface area (Å²) in [7, 11) is 0. The normalized spacial score (nSPS) is 13.0. The third-order valence-electron chi connectivity index (χ3n) is 4.25. The smallest absolute Gasteiger partial charge is 0.258 e. The van der Waals surface area contributed by atoms with Crippen molar-refractivity contribution in [3.8, 4) is 5.75 Å². The van der Waals surface area contributed by atoms with E-state index in [1.165, 1.54) is 18.4 Å². The summed E-state index contributed by atoms with van der Waals surface area (Å²) in [4.78, 5) is 14.6. The Morgan fingerprint density at radius 3 is 2.65 bits per heavy atom. The zero-order valence-corrected chi connectivity index (χ0v) is 13.6. The van der Waals surface area contributed by atoms with Crippen molar-refractivity contribution in [3.63, 3.8) is 0 Å². The molecule has 0 fully saturated rings. The SMILES string of the molecule is CCCCCOc1ccc(C(=O)N2CCc3ccccc32)cc1. The number of amides is 1. The fourth-order valence-corrected chi connectivity index (χ4v) is 2.94. The Kier molecular flexibility index (Phi) is 4.96. The lowest BCUT2D eigenvalue weighted by Crippen LogP contribution is -2.28. The van der Waals surface area contributed by atoms with Crippen molar-refractivity contribution >= 4 is 11.6 Å². The van der Waals surface area contributed by atoms with Gasteiger partial charge in [0.2, 0.25) is 0 Å². The molecule has 1 heterocycles. The summed E-state index contributed by atoms with van der Waals surface area (Å²) >= 11 is 0. The van der Waals surface area contributed by atoms with Crippen molar-refractivity contribution in [1.29, 1.82) is 0 Å². The highest BCUT2D eigenvalue weighted by molar-refractivity contribution is 6.07. The standard InChI is InChI=1S/C20H23NO2/c1-2-3-6-15-23-18-11-9-17(10-12-18)20(22)21-14-13-16-7-4-5-8-19(16)21/h4-5,7-12H,2-3,6,13-15H2,1H3. The molecule has 0 radical (unpaired) electrons. The van der Waals surface area contributed by atoms with Crippen LogP contribution in [0.25, 0.3) is 0 Å². The molecule has 3 heteroatoms. The molecule has 0 saturated heterocycles. The first-order valence-electron chi connectivity index (χ1n) is 8.42. The number of nitrogens with zero attached hydrogens (tertiary/aromatic N) is 1. The average Bonchev–Trinajstić information content (AvgIpc) is 3.03. The van der Waals surface area contributed by atoms with Crippen LogP contribution >= 0.6 is 0 Å². The van der Waals surface area contributed by atoms with Crippen molar-refractivity contribution in [3.05, 3.63) is 59.7 Å². The highest BCUT2D eigenvalue weighted by Gasteiger charge is 2.24. The summed E-state index contributed by atoms with van der Waals surface area (Å²) in [5.74, 6) is 0.895. The van der Waals surface area contributed by atoms with Gasteiger partial charge in [0, 0.05) is 17.8 Å². The van der Waals surface area contributed by atoms with E-state index in [4.69, 9.17) is 4.74 Å². The first-order valence-corrected chi connectivity index (χ1v) is 8.42. The molecule has 0 bridgehead atoms. The van der Waals surface area contributed by atoms with Gasteiger partial charge in [-0.2, -0.15) is 0 Å². The number of rotatable bonds is 6. The summed E-state index contributed by atoms with van der Waals surface area (Å²) in [6.07, 6.45) is 4.38. The third kappa shape index (κ3) is 3.55. The molecule has 0 atom stereocenters. The van der Waals surface area contributed by atoms with Crippen LogP contribution in [0.5, 0.6) is 5.75 Å². The van der Waals surface area contributed by atoms with E-state index >= 15 is 0 Å². The number of unbranched alkanes of at least 4 members (excludes halogenated alkanes) is 2. The maximum Gasteiger partial charge on any atom is 0.258 e. The van der Waals surface area contributed by atoms with Crippen LogP contribution in [-0.4, -0.2) is 19.1 Å². The Morgan fingerprint density at radius 1 is 1.09 bits per heavy atom. The van der Waals surface area contributed by atoms with Gasteiger partial charge >= 0.3 is 0 Å². The predicted molar refractivity (Wildman–Crippen MR) is 93.3 cm³/mol. The number of benzene rings is 2. The van der Waals surface area contributed by atoms with Gasteiger partial charge in [-0.25, -0.2) is 0 Å². The van der Waals surface area contributed by atoms with E-state index in [0.717, 1.165) is 37.4 Å². The summed E-state index contributed by atoms with van der Waals surface area (Å²) in [6.45, 7) is 3.67. The molecule has 23 heavy (non-hydrogen) atoms. The van der Waals surface area contributed by atoms with Crippen LogP contribution in [0.3, 0.4) is 0 Å². The Balaban J connectivity index is 1.65. The summed E-state index contributed by atoms with van der Waals surface area (Å²) in [5.41, 5.74) is 3.00. The topological polar surface area (TPSA) is 29.5 Å². The highest BCUT2D eigenvalue weighted by atomic mass is 16.5. The zero-order chi connectivity index (χ0) is 16.1. The summed E-state index contributed by atoms with van der Waals surface area (Å²) < 4.78 is 5.70. The molecule has 0 N–H and O–H groups in total. The second-order valence-corrected chi connectivity index (χ2v) is 5.92. The number of hydrogen-bond donors (Lipinski definition) is 0. The molecule has 0 aromatic heterocycles. The fraction of sp³-hybridized carbons (Fsp3) is 0.350. The number of hydrogen-bond acceptors (Lipinski definition) is 2. The van der Waals surface area contributed by atoms with Gasteiger partial charge in [0.1, 0.15) is 5.75 Å². The maximum absolute atomic E-state index is 12.7. The zero-order valence-electron chi connectivity index (χ0n) is 13.6. The van der Waals surface area contributed by atoms with E-state index in [-0.39, 0.29) is 5.91 Å². The van der Waals surface area contributed by atoms with Gasteiger partial charge in [-0.15, -0.1) is 0 Å². The molecule has 1 amide bonds. The van der Waals surface area contributed by atoms with Crippen LogP contribution in [0.1, 0.15) is 42.1 Å². The Morgan fingerprint density at radius 2 is 1.87 bits per heavy atom. The van der Waals surface area contributed by atoms with Gasteiger partial charge < -0.3 is 9.64 Å². The number of para-hydroxylation sites is 1. The molecule has 3 rings (SSSR count). The fourth-order valence-electron chi connectivity index (χ4n) is 2.94. The Labute approximate surface area is 137 Å². The van der Waals surface area contributed by atoms with E-state index in [1.54, 1.807) is 0 Å². The minimum atomic E-state index is 0.0625. The highest BCUT2D eigenvalue weighted by Crippen LogP contribution is 2.29. The van der Waals surface area contributed by atoms with Crippen LogP contribution in [0.15, 0.2) is 48.5 Å². The molecule has 0 aliphatic carbocycles. The summed E-state index contributed by atoms with van der Waals surface area (Å²) in [5, 5.41) is 0. The van der Waals surface area contributed by atoms with Gasteiger partial charge in [0.15, 0.2) is 0 Å². The average molecular weight is 309 g/mol. The maximum atomic E-state index is 12.7. The van der Waals surface area contributed by atoms with E-state index in [0.29, 0.717) is 5.56 Å². The summed E-state index contributed by atoms with van der Waals surface area (Å²) in [6, 6.07) is 15.6. The minimum Gasteiger partial charge on any atom is -0.494 e. The van der Waals surface area contributed by atoms with Crippen LogP contribution in [-0.2, 0) is 6.42 Å². The number of carbonyl (C=O) groups excluding carboxylic acids is 1. The van der Waals surface area contributed by atoms with E-state index < -0.39 is 0 Å². The molecular weight excluding hydrogens is 286 g/mol. The van der Waals surface area contributed by atoms with Gasteiger partial charge in [0.25, 0.3) is 5.91 Å². The van der Waals surface area contributed by atoms with Crippen molar-refractivity contribution < 1.29 is 9.53 Å². The quantitative estimate of drug-likeness (QED) is 0.737. The molecule has 0 spiro atoms. The Bertz CT molecular complexity index is 664. The predicted octanol–water partition coefficient (Wildman–Crippen LogP) is 4.46. The molecule has 2 aromatic carbocycles. The van der Waals surface area contributed by atoms with Crippen molar-refractivity contribution in [1.82, 2.24) is 0 Å². The van der Waals surface area contributed by atoms with Crippen molar-refractivity contribution in [2.75, 3.05) is 18.1 Å². The third-order valence-corrected chi connectivity index (χ3v) is 4.25. The second kappa shape index (κ2) is 7.32. The largest absolute Gasteiger partial charge is 0.494 e. The van der Waals surface area contributed by atoms with Gasteiger partial charge in [-0.05, 0) is 48.7 Å². The Hall–Kier alpha value is -2.29. The number of ether oxygens (including phenoxy) is 1. The lowest BCUT2D eigenvalue weighted by atomic mass is 10.1. The molecule has 0 saturated carbocycles. The lowest BCUT2D eigenvalue weighted by Gasteiger charge is -2.17. The van der Waals surface area contributed by atoms with Gasteiger partial charge in [0.05, 0.1) is 6.61 Å². The van der Waals surface area contributed by atoms with E-state index in [2.05, 4.69) is 13.0 Å². The number of anilines is 1. The van der Waals surface area contributed by atoms with Gasteiger partial charge in [-0.1, -0.05) is 38.0 Å². The molecule has 0 unspecified atom stereocenters. The van der Waals surface area contributed by atoms with Crippen LogP contribution in [0.4, 0.5) is 5.69 Å². The van der Waals surface area contributed by atoms with Crippen LogP contribution in [0.2, 0.25) is 0 Å².